The lowest BCUT2D eigenvalue weighted by molar-refractivity contribution is 0.102. The van der Waals surface area contributed by atoms with Gasteiger partial charge in [0.15, 0.2) is 0 Å². The van der Waals surface area contributed by atoms with Gasteiger partial charge in [-0.3, -0.25) is 14.8 Å². The van der Waals surface area contributed by atoms with E-state index in [1.54, 1.807) is 36.1 Å². The topological polar surface area (TPSA) is 85.8 Å². The van der Waals surface area contributed by atoms with Crippen LogP contribution in [0.1, 0.15) is 15.9 Å². The van der Waals surface area contributed by atoms with Crippen molar-refractivity contribution in [3.8, 4) is 11.6 Å². The lowest BCUT2D eigenvalue weighted by Gasteiger charge is -2.01. The predicted octanol–water partition coefficient (Wildman–Crippen LogP) is 2.03. The normalized spacial score (nSPS) is 10.6. The third-order valence-electron chi connectivity index (χ3n) is 2.86. The third kappa shape index (κ3) is 2.81. The molecule has 2 heterocycles. The van der Waals surface area contributed by atoms with E-state index in [2.05, 4.69) is 20.6 Å². The molecule has 1 amide bonds. The monoisotopic (exact) mass is 283 g/mol. The van der Waals surface area contributed by atoms with Crippen LogP contribution in [-0.4, -0.2) is 25.9 Å². The van der Waals surface area contributed by atoms with Crippen molar-refractivity contribution in [1.82, 2.24) is 20.0 Å². The Morgan fingerprint density at radius 3 is 2.86 bits per heavy atom. The van der Waals surface area contributed by atoms with Crippen LogP contribution in [0.5, 0.6) is 0 Å². The highest BCUT2D eigenvalue weighted by molar-refractivity contribution is 6.03. The van der Waals surface area contributed by atoms with Crippen molar-refractivity contribution in [2.24, 2.45) is 7.05 Å². The Balaban J connectivity index is 1.77. The van der Waals surface area contributed by atoms with Gasteiger partial charge in [-0.2, -0.15) is 5.10 Å². The first-order chi connectivity index (χ1) is 10.1. The summed E-state index contributed by atoms with van der Waals surface area (Å²) in [5, 5.41) is 14.4. The molecule has 0 bridgehead atoms. The molecule has 0 saturated carbocycles. The van der Waals surface area contributed by atoms with Gasteiger partial charge in [0.1, 0.15) is 5.69 Å². The highest BCUT2D eigenvalue weighted by atomic mass is 16.4. The molecular formula is C14H13N5O2. The van der Waals surface area contributed by atoms with E-state index in [0.29, 0.717) is 11.3 Å². The van der Waals surface area contributed by atoms with E-state index in [1.807, 2.05) is 19.1 Å². The van der Waals surface area contributed by atoms with Crippen molar-refractivity contribution in [2.45, 2.75) is 6.92 Å². The van der Waals surface area contributed by atoms with Gasteiger partial charge in [-0.1, -0.05) is 22.8 Å². The molecule has 2 aromatic heterocycles. The Kier molecular flexibility index (Phi) is 3.23. The molecule has 0 spiro atoms. The number of nitrogens with one attached hydrogen (secondary N) is 1. The quantitative estimate of drug-likeness (QED) is 0.794. The summed E-state index contributed by atoms with van der Waals surface area (Å²) in [6.45, 7) is 1.92. The highest BCUT2D eigenvalue weighted by Gasteiger charge is 2.14. The maximum atomic E-state index is 12.1. The van der Waals surface area contributed by atoms with Crippen molar-refractivity contribution < 1.29 is 9.21 Å². The second-order valence-corrected chi connectivity index (χ2v) is 4.61. The van der Waals surface area contributed by atoms with Crippen molar-refractivity contribution in [3.63, 3.8) is 0 Å². The van der Waals surface area contributed by atoms with Gasteiger partial charge in [0, 0.05) is 18.8 Å². The van der Waals surface area contributed by atoms with E-state index in [1.165, 1.54) is 0 Å². The molecule has 1 aromatic carbocycles. The summed E-state index contributed by atoms with van der Waals surface area (Å²) in [5.41, 5.74) is 2.09. The van der Waals surface area contributed by atoms with Gasteiger partial charge in [-0.25, -0.2) is 0 Å². The van der Waals surface area contributed by atoms with Crippen LogP contribution in [0.2, 0.25) is 0 Å². The summed E-state index contributed by atoms with van der Waals surface area (Å²) < 4.78 is 7.00. The molecule has 21 heavy (non-hydrogen) atoms. The molecule has 0 fully saturated rings. The minimum absolute atomic E-state index is 0.0437. The number of amides is 1. The van der Waals surface area contributed by atoms with Crippen LogP contribution in [-0.2, 0) is 7.05 Å². The zero-order valence-corrected chi connectivity index (χ0v) is 11.6. The minimum atomic E-state index is -0.296. The summed E-state index contributed by atoms with van der Waals surface area (Å²) in [6, 6.07) is 9.03. The van der Waals surface area contributed by atoms with E-state index in [4.69, 9.17) is 4.42 Å². The van der Waals surface area contributed by atoms with Crippen LogP contribution in [0, 0.1) is 6.92 Å². The average molecular weight is 283 g/mol. The lowest BCUT2D eigenvalue weighted by Crippen LogP contribution is -2.12. The zero-order chi connectivity index (χ0) is 14.8. The number of nitrogens with zero attached hydrogens (tertiary/aromatic N) is 4. The molecule has 0 atom stereocenters. The molecule has 0 aliphatic heterocycles. The Morgan fingerprint density at radius 2 is 2.14 bits per heavy atom. The standard InChI is InChI=1S/C14H13N5O2/c1-9-4-3-5-10(8-9)12(20)15-14-17-16-13(21-14)11-6-7-19(2)18-11/h3-8H,1-2H3,(H,15,17,20). The molecule has 7 nitrogen and oxygen atoms in total. The van der Waals surface area contributed by atoms with Crippen molar-refractivity contribution in [1.29, 1.82) is 0 Å². The fraction of sp³-hybridized carbons (Fsp3) is 0.143. The van der Waals surface area contributed by atoms with Crippen molar-refractivity contribution in [3.05, 3.63) is 47.7 Å². The molecule has 0 radical (unpaired) electrons. The highest BCUT2D eigenvalue weighted by Crippen LogP contribution is 2.17. The summed E-state index contributed by atoms with van der Waals surface area (Å²) in [5.74, 6) is -0.0370. The maximum Gasteiger partial charge on any atom is 0.322 e. The van der Waals surface area contributed by atoms with E-state index in [-0.39, 0.29) is 17.8 Å². The van der Waals surface area contributed by atoms with Crippen LogP contribution in [0.25, 0.3) is 11.6 Å². The van der Waals surface area contributed by atoms with E-state index < -0.39 is 0 Å². The number of rotatable bonds is 3. The van der Waals surface area contributed by atoms with Gasteiger partial charge in [0.2, 0.25) is 0 Å². The van der Waals surface area contributed by atoms with E-state index >= 15 is 0 Å². The van der Waals surface area contributed by atoms with Crippen LogP contribution in [0.15, 0.2) is 40.9 Å². The Labute approximate surface area is 120 Å². The largest absolute Gasteiger partial charge is 0.401 e. The zero-order valence-electron chi connectivity index (χ0n) is 11.6. The van der Waals surface area contributed by atoms with Gasteiger partial charge in [-0.15, -0.1) is 5.10 Å². The number of carbonyl (C=O) groups is 1. The smallest absolute Gasteiger partial charge is 0.322 e. The number of hydrogen-bond acceptors (Lipinski definition) is 5. The number of hydrogen-bond donors (Lipinski definition) is 1. The van der Waals surface area contributed by atoms with Crippen LogP contribution < -0.4 is 5.32 Å². The van der Waals surface area contributed by atoms with Crippen LogP contribution in [0.4, 0.5) is 6.01 Å². The van der Waals surface area contributed by atoms with Gasteiger partial charge in [-0.05, 0) is 25.1 Å². The fourth-order valence-corrected chi connectivity index (χ4v) is 1.86. The van der Waals surface area contributed by atoms with Crippen LogP contribution >= 0.6 is 0 Å². The Bertz CT molecular complexity index is 790. The average Bonchev–Trinajstić information content (AvgIpc) is 3.07. The Hall–Kier alpha value is -2.96. The molecule has 7 heteroatoms. The molecule has 0 saturated heterocycles. The first kappa shape index (κ1) is 13.0. The predicted molar refractivity (Wildman–Crippen MR) is 75.6 cm³/mol. The minimum Gasteiger partial charge on any atom is -0.401 e. The number of aryl methyl sites for hydroxylation is 2. The maximum absolute atomic E-state index is 12.1. The molecule has 3 rings (SSSR count). The van der Waals surface area contributed by atoms with Gasteiger partial charge in [0.25, 0.3) is 11.8 Å². The summed E-state index contributed by atoms with van der Waals surface area (Å²) in [7, 11) is 1.79. The number of benzene rings is 1. The van der Waals surface area contributed by atoms with Crippen LogP contribution in [0.3, 0.4) is 0 Å². The van der Waals surface area contributed by atoms with E-state index in [0.717, 1.165) is 5.56 Å². The van der Waals surface area contributed by atoms with Gasteiger partial charge >= 0.3 is 6.01 Å². The first-order valence-corrected chi connectivity index (χ1v) is 6.33. The lowest BCUT2D eigenvalue weighted by atomic mass is 10.1. The van der Waals surface area contributed by atoms with E-state index in [9.17, 15) is 4.79 Å². The molecule has 1 N–H and O–H groups in total. The SMILES string of the molecule is Cc1cccc(C(=O)Nc2nnc(-c3ccn(C)n3)o2)c1. The second-order valence-electron chi connectivity index (χ2n) is 4.61. The molecule has 0 unspecified atom stereocenters. The van der Waals surface area contributed by atoms with Gasteiger partial charge in [0.05, 0.1) is 0 Å². The molecule has 3 aromatic rings. The Morgan fingerprint density at radius 1 is 1.29 bits per heavy atom. The summed E-state index contributed by atoms with van der Waals surface area (Å²) in [4.78, 5) is 12.1. The summed E-state index contributed by atoms with van der Waals surface area (Å²) >= 11 is 0. The molecular weight excluding hydrogens is 270 g/mol. The molecule has 106 valence electrons. The summed E-state index contributed by atoms with van der Waals surface area (Å²) in [6.07, 6.45) is 1.77. The van der Waals surface area contributed by atoms with Gasteiger partial charge < -0.3 is 4.42 Å². The number of anilines is 1. The number of carbonyl (C=O) groups excluding carboxylic acids is 1. The molecule has 0 aliphatic rings. The number of aromatic nitrogens is 4. The molecule has 0 aliphatic carbocycles. The third-order valence-corrected chi connectivity index (χ3v) is 2.86. The second kappa shape index (κ2) is 5.20. The van der Waals surface area contributed by atoms with Crippen molar-refractivity contribution >= 4 is 11.9 Å². The first-order valence-electron chi connectivity index (χ1n) is 6.33. The van der Waals surface area contributed by atoms with Crippen molar-refractivity contribution in [2.75, 3.05) is 5.32 Å². The fourth-order valence-electron chi connectivity index (χ4n) is 1.86.